The van der Waals surface area contributed by atoms with E-state index in [0.717, 1.165) is 25.2 Å². The van der Waals surface area contributed by atoms with Crippen molar-refractivity contribution in [2.24, 2.45) is 5.92 Å². The van der Waals surface area contributed by atoms with Crippen molar-refractivity contribution >= 4 is 30.0 Å². The van der Waals surface area contributed by atoms with E-state index in [1.165, 1.54) is 0 Å². The van der Waals surface area contributed by atoms with Gasteiger partial charge in [-0.3, -0.25) is 4.79 Å². The summed E-state index contributed by atoms with van der Waals surface area (Å²) in [4.78, 5) is 14.3. The zero-order valence-corrected chi connectivity index (χ0v) is 15.4. The molecule has 1 N–H and O–H groups in total. The largest absolute Gasteiger partial charge is 0.481 e. The van der Waals surface area contributed by atoms with Gasteiger partial charge >= 0.3 is 5.97 Å². The maximum atomic E-state index is 12.1. The molecule has 0 aliphatic rings. The Bertz CT molecular complexity index is 458. The molecule has 0 radical (unpaired) electrons. The van der Waals surface area contributed by atoms with Crippen LogP contribution in [0.3, 0.4) is 0 Å². The average molecular weight is 348 g/mol. The Morgan fingerprint density at radius 2 is 1.73 bits per heavy atom. The predicted molar refractivity (Wildman–Crippen MR) is 95.3 cm³/mol. The number of hydrogen-bond acceptors (Lipinski definition) is 2. The van der Waals surface area contributed by atoms with E-state index >= 15 is 0 Å². The number of hydrogen-bond donors (Lipinski definition) is 1. The predicted octanol–water partition coefficient (Wildman–Crippen LogP) is 4.47. The second kappa shape index (κ2) is 9.39. The van der Waals surface area contributed by atoms with Gasteiger partial charge in [-0.25, -0.2) is 0 Å². The Balaban J connectivity index is 0.00000441. The molecule has 126 valence electrons. The molecule has 0 bridgehead atoms. The molecular weight excluding hydrogens is 321 g/mol. The van der Waals surface area contributed by atoms with Crippen LogP contribution in [0.4, 0.5) is 0 Å². The first kappa shape index (κ1) is 21.2. The average Bonchev–Trinajstić information content (AvgIpc) is 2.44. The Morgan fingerprint density at radius 1 is 1.23 bits per heavy atom. The van der Waals surface area contributed by atoms with Crippen LogP contribution in [0.5, 0.6) is 0 Å². The summed E-state index contributed by atoms with van der Waals surface area (Å²) < 4.78 is 0. The van der Waals surface area contributed by atoms with Crippen molar-refractivity contribution in [3.8, 4) is 0 Å². The summed E-state index contributed by atoms with van der Waals surface area (Å²) in [5.74, 6) is -0.751. The topological polar surface area (TPSA) is 40.5 Å². The second-order valence-corrected chi connectivity index (χ2v) is 6.15. The molecule has 0 saturated carbocycles. The van der Waals surface area contributed by atoms with Crippen LogP contribution in [0.1, 0.15) is 39.7 Å². The van der Waals surface area contributed by atoms with Gasteiger partial charge in [0.25, 0.3) is 0 Å². The molecule has 1 unspecified atom stereocenters. The van der Waals surface area contributed by atoms with E-state index in [2.05, 4.69) is 18.7 Å². The van der Waals surface area contributed by atoms with E-state index in [1.807, 2.05) is 26.0 Å². The third kappa shape index (κ3) is 4.61. The number of aliphatic carboxylic acids is 1. The van der Waals surface area contributed by atoms with E-state index in [9.17, 15) is 9.90 Å². The normalized spacial score (nSPS) is 13.8. The molecule has 0 aliphatic heterocycles. The fourth-order valence-corrected chi connectivity index (χ4v) is 2.99. The van der Waals surface area contributed by atoms with Gasteiger partial charge in [0, 0.05) is 5.02 Å². The standard InChI is InChI=1S/C17H26ClNO2.ClH/c1-5-19(6-2)12-11-17(13(3)4,16(20)21)14-7-9-15(18)10-8-14;/h7-10,13H,5-6,11-12H2,1-4H3,(H,20,21);1H. The third-order valence-electron chi connectivity index (χ3n) is 4.44. The van der Waals surface area contributed by atoms with Crippen molar-refractivity contribution in [1.82, 2.24) is 4.90 Å². The summed E-state index contributed by atoms with van der Waals surface area (Å²) in [5.41, 5.74) is -0.0331. The molecule has 0 heterocycles. The molecule has 0 aliphatic carbocycles. The summed E-state index contributed by atoms with van der Waals surface area (Å²) in [6.07, 6.45) is 0.601. The summed E-state index contributed by atoms with van der Waals surface area (Å²) >= 11 is 5.94. The molecule has 22 heavy (non-hydrogen) atoms. The first-order chi connectivity index (χ1) is 9.88. The molecule has 0 spiro atoms. The van der Waals surface area contributed by atoms with Crippen molar-refractivity contribution in [2.75, 3.05) is 19.6 Å². The SMILES string of the molecule is CCN(CC)CCC(C(=O)O)(c1ccc(Cl)cc1)C(C)C.Cl. The lowest BCUT2D eigenvalue weighted by Gasteiger charge is -2.35. The van der Waals surface area contributed by atoms with Crippen molar-refractivity contribution in [2.45, 2.75) is 39.5 Å². The van der Waals surface area contributed by atoms with Crippen LogP contribution in [0.2, 0.25) is 5.02 Å². The summed E-state index contributed by atoms with van der Waals surface area (Å²) in [7, 11) is 0. The van der Waals surface area contributed by atoms with Gasteiger partial charge in [-0.1, -0.05) is 51.4 Å². The van der Waals surface area contributed by atoms with Crippen molar-refractivity contribution in [1.29, 1.82) is 0 Å². The molecule has 0 aromatic heterocycles. The van der Waals surface area contributed by atoms with Crippen LogP contribution in [-0.4, -0.2) is 35.6 Å². The van der Waals surface area contributed by atoms with Gasteiger partial charge in [-0.05, 0) is 49.7 Å². The smallest absolute Gasteiger partial charge is 0.314 e. The van der Waals surface area contributed by atoms with E-state index < -0.39 is 11.4 Å². The number of carboxylic acid groups (broad SMARTS) is 1. The van der Waals surface area contributed by atoms with Gasteiger partial charge in [0.15, 0.2) is 0 Å². The highest BCUT2D eigenvalue weighted by atomic mass is 35.5. The minimum Gasteiger partial charge on any atom is -0.481 e. The zero-order chi connectivity index (χ0) is 16.0. The monoisotopic (exact) mass is 347 g/mol. The lowest BCUT2D eigenvalue weighted by Crippen LogP contribution is -2.44. The molecule has 1 rings (SSSR count). The summed E-state index contributed by atoms with van der Waals surface area (Å²) in [6, 6.07) is 7.24. The minimum absolute atomic E-state index is 0. The zero-order valence-electron chi connectivity index (χ0n) is 13.8. The van der Waals surface area contributed by atoms with E-state index in [0.29, 0.717) is 11.4 Å². The summed E-state index contributed by atoms with van der Waals surface area (Å²) in [6.45, 7) is 10.8. The van der Waals surface area contributed by atoms with E-state index in [1.54, 1.807) is 12.1 Å². The first-order valence-corrected chi connectivity index (χ1v) is 7.98. The molecule has 1 aromatic carbocycles. The van der Waals surface area contributed by atoms with E-state index in [4.69, 9.17) is 11.6 Å². The van der Waals surface area contributed by atoms with Gasteiger partial charge in [-0.2, -0.15) is 0 Å². The number of benzene rings is 1. The number of halogens is 2. The van der Waals surface area contributed by atoms with Gasteiger partial charge in [0.2, 0.25) is 0 Å². The summed E-state index contributed by atoms with van der Waals surface area (Å²) in [5, 5.41) is 10.6. The molecule has 3 nitrogen and oxygen atoms in total. The number of carbonyl (C=O) groups is 1. The van der Waals surface area contributed by atoms with Gasteiger partial charge in [-0.15, -0.1) is 12.4 Å². The highest BCUT2D eigenvalue weighted by Gasteiger charge is 2.43. The first-order valence-electron chi connectivity index (χ1n) is 7.60. The van der Waals surface area contributed by atoms with Crippen LogP contribution in [0.15, 0.2) is 24.3 Å². The fraction of sp³-hybridized carbons (Fsp3) is 0.588. The maximum Gasteiger partial charge on any atom is 0.314 e. The van der Waals surface area contributed by atoms with E-state index in [-0.39, 0.29) is 18.3 Å². The Kier molecular flexibility index (Phi) is 9.06. The van der Waals surface area contributed by atoms with Gasteiger partial charge < -0.3 is 10.0 Å². The highest BCUT2D eigenvalue weighted by molar-refractivity contribution is 6.30. The van der Waals surface area contributed by atoms with Crippen molar-refractivity contribution in [3.05, 3.63) is 34.9 Å². The quantitative estimate of drug-likeness (QED) is 0.753. The molecule has 1 aromatic rings. The van der Waals surface area contributed by atoms with Crippen LogP contribution in [0.25, 0.3) is 0 Å². The number of rotatable bonds is 8. The van der Waals surface area contributed by atoms with Crippen molar-refractivity contribution < 1.29 is 9.90 Å². The molecular formula is C17H27Cl2NO2. The van der Waals surface area contributed by atoms with Crippen LogP contribution >= 0.6 is 24.0 Å². The Morgan fingerprint density at radius 3 is 2.09 bits per heavy atom. The number of nitrogens with zero attached hydrogens (tertiary/aromatic N) is 1. The van der Waals surface area contributed by atoms with Crippen LogP contribution < -0.4 is 0 Å². The molecule has 1 atom stereocenters. The molecule has 0 saturated heterocycles. The fourth-order valence-electron chi connectivity index (χ4n) is 2.87. The Hall–Kier alpha value is -0.770. The minimum atomic E-state index is -0.868. The highest BCUT2D eigenvalue weighted by Crippen LogP contribution is 2.37. The van der Waals surface area contributed by atoms with Crippen LogP contribution in [0, 0.1) is 5.92 Å². The van der Waals surface area contributed by atoms with Crippen molar-refractivity contribution in [3.63, 3.8) is 0 Å². The molecule has 5 heteroatoms. The van der Waals surface area contributed by atoms with Crippen LogP contribution in [-0.2, 0) is 10.2 Å². The lowest BCUT2D eigenvalue weighted by molar-refractivity contribution is -0.146. The molecule has 0 fully saturated rings. The maximum absolute atomic E-state index is 12.1. The second-order valence-electron chi connectivity index (χ2n) is 5.71. The van der Waals surface area contributed by atoms with Gasteiger partial charge in [0.1, 0.15) is 0 Å². The van der Waals surface area contributed by atoms with Gasteiger partial charge in [0.05, 0.1) is 5.41 Å². The number of carboxylic acids is 1. The Labute approximate surface area is 145 Å². The lowest BCUT2D eigenvalue weighted by atomic mass is 9.69. The third-order valence-corrected chi connectivity index (χ3v) is 4.70. The molecule has 0 amide bonds.